The van der Waals surface area contributed by atoms with Crippen molar-refractivity contribution < 1.29 is 17.6 Å². The second-order valence-electron chi connectivity index (χ2n) is 5.31. The van der Waals surface area contributed by atoms with Crippen molar-refractivity contribution in [3.05, 3.63) is 65.2 Å². The number of aromatic nitrogens is 2. The van der Waals surface area contributed by atoms with E-state index in [1.807, 2.05) is 0 Å². The van der Waals surface area contributed by atoms with E-state index >= 15 is 0 Å². The molecular formula is C16H12ClF4N3S. The molecule has 25 heavy (non-hydrogen) atoms. The topological polar surface area (TPSA) is 20.5 Å². The van der Waals surface area contributed by atoms with Gasteiger partial charge < -0.3 is 0 Å². The van der Waals surface area contributed by atoms with Gasteiger partial charge in [-0.1, -0.05) is 23.7 Å². The average Bonchev–Trinajstić information content (AvgIpc) is 2.90. The Bertz CT molecular complexity index is 879. The fraction of sp³-hybridized carbons (Fsp3) is 0.188. The van der Waals surface area contributed by atoms with E-state index in [0.29, 0.717) is 15.7 Å². The summed E-state index contributed by atoms with van der Waals surface area (Å²) < 4.78 is 56.7. The SMILES string of the molecule is CN(Sc1cnc2ccc(F)cn12)C(c1ccc(Cl)cc1)C(F)(F)F. The second kappa shape index (κ2) is 6.86. The highest BCUT2D eigenvalue weighted by atomic mass is 35.5. The van der Waals surface area contributed by atoms with Crippen LogP contribution in [-0.2, 0) is 0 Å². The van der Waals surface area contributed by atoms with Gasteiger partial charge in [0.05, 0.1) is 6.20 Å². The third-order valence-corrected chi connectivity index (χ3v) is 4.77. The molecule has 0 saturated heterocycles. The zero-order valence-corrected chi connectivity index (χ0v) is 14.4. The molecule has 0 radical (unpaired) electrons. The van der Waals surface area contributed by atoms with Gasteiger partial charge >= 0.3 is 6.18 Å². The number of imidazole rings is 1. The first-order chi connectivity index (χ1) is 11.8. The predicted molar refractivity (Wildman–Crippen MR) is 89.0 cm³/mol. The lowest BCUT2D eigenvalue weighted by Crippen LogP contribution is -2.32. The first-order valence-electron chi connectivity index (χ1n) is 7.11. The number of pyridine rings is 1. The van der Waals surface area contributed by atoms with Gasteiger partial charge in [-0.15, -0.1) is 0 Å². The summed E-state index contributed by atoms with van der Waals surface area (Å²) in [6.07, 6.45) is -1.91. The van der Waals surface area contributed by atoms with Gasteiger partial charge in [-0.3, -0.25) is 4.40 Å². The number of halogens is 5. The van der Waals surface area contributed by atoms with Crippen LogP contribution in [0.1, 0.15) is 11.6 Å². The van der Waals surface area contributed by atoms with E-state index in [2.05, 4.69) is 4.98 Å². The molecule has 132 valence electrons. The highest BCUT2D eigenvalue weighted by molar-refractivity contribution is 7.97. The number of fused-ring (bicyclic) bond motifs is 1. The van der Waals surface area contributed by atoms with Gasteiger partial charge in [-0.25, -0.2) is 13.7 Å². The zero-order chi connectivity index (χ0) is 18.2. The molecule has 0 aliphatic heterocycles. The number of benzene rings is 1. The molecule has 0 aliphatic carbocycles. The van der Waals surface area contributed by atoms with Crippen molar-refractivity contribution in [1.29, 1.82) is 0 Å². The van der Waals surface area contributed by atoms with Gasteiger partial charge in [0.15, 0.2) is 0 Å². The van der Waals surface area contributed by atoms with Crippen molar-refractivity contribution in [3.8, 4) is 0 Å². The van der Waals surface area contributed by atoms with Gasteiger partial charge in [-0.05, 0) is 48.8 Å². The molecule has 1 atom stereocenters. The Hall–Kier alpha value is -1.77. The lowest BCUT2D eigenvalue weighted by molar-refractivity contribution is -0.169. The molecule has 0 bridgehead atoms. The Labute approximate surface area is 150 Å². The van der Waals surface area contributed by atoms with Gasteiger partial charge in [0.25, 0.3) is 0 Å². The summed E-state index contributed by atoms with van der Waals surface area (Å²) in [5.74, 6) is -0.500. The van der Waals surface area contributed by atoms with E-state index in [1.54, 1.807) is 0 Å². The molecule has 0 saturated carbocycles. The van der Waals surface area contributed by atoms with Gasteiger partial charge in [-0.2, -0.15) is 13.2 Å². The van der Waals surface area contributed by atoms with Crippen LogP contribution >= 0.6 is 23.5 Å². The molecule has 0 aliphatic rings. The second-order valence-corrected chi connectivity index (χ2v) is 6.92. The molecule has 2 heterocycles. The Balaban J connectivity index is 1.93. The number of rotatable bonds is 4. The van der Waals surface area contributed by atoms with Gasteiger partial charge in [0.2, 0.25) is 0 Å². The summed E-state index contributed by atoms with van der Waals surface area (Å²) >= 11 is 6.59. The largest absolute Gasteiger partial charge is 0.408 e. The molecule has 0 spiro atoms. The Morgan fingerprint density at radius 3 is 2.48 bits per heavy atom. The molecule has 9 heteroatoms. The minimum absolute atomic E-state index is 0.0619. The maximum absolute atomic E-state index is 13.6. The molecule has 1 aromatic carbocycles. The van der Waals surface area contributed by atoms with Crippen LogP contribution in [0.25, 0.3) is 5.65 Å². The first kappa shape index (κ1) is 18.0. The Morgan fingerprint density at radius 1 is 1.16 bits per heavy atom. The van der Waals surface area contributed by atoms with Gasteiger partial charge in [0, 0.05) is 11.2 Å². The van der Waals surface area contributed by atoms with Crippen LogP contribution in [0.4, 0.5) is 17.6 Å². The molecule has 1 unspecified atom stereocenters. The van der Waals surface area contributed by atoms with Crippen molar-refractivity contribution in [2.45, 2.75) is 17.2 Å². The zero-order valence-electron chi connectivity index (χ0n) is 12.8. The maximum Gasteiger partial charge on any atom is 0.408 e. The average molecular weight is 390 g/mol. The molecule has 3 nitrogen and oxygen atoms in total. The van der Waals surface area contributed by atoms with Crippen molar-refractivity contribution in [2.24, 2.45) is 0 Å². The van der Waals surface area contributed by atoms with E-state index < -0.39 is 18.0 Å². The van der Waals surface area contributed by atoms with E-state index in [1.165, 1.54) is 60.2 Å². The first-order valence-corrected chi connectivity index (χ1v) is 8.26. The van der Waals surface area contributed by atoms with Crippen LogP contribution in [0, 0.1) is 5.82 Å². The minimum atomic E-state index is -4.50. The molecule has 0 N–H and O–H groups in total. The predicted octanol–water partition coefficient (Wildman–Crippen LogP) is 5.37. The number of nitrogens with zero attached hydrogens (tertiary/aromatic N) is 3. The van der Waals surface area contributed by atoms with Gasteiger partial charge in [0.1, 0.15) is 22.5 Å². The van der Waals surface area contributed by atoms with Crippen LogP contribution in [0.2, 0.25) is 5.02 Å². The lowest BCUT2D eigenvalue weighted by atomic mass is 10.1. The highest BCUT2D eigenvalue weighted by Gasteiger charge is 2.44. The van der Waals surface area contributed by atoms with Crippen LogP contribution in [0.15, 0.2) is 53.8 Å². The Morgan fingerprint density at radius 2 is 1.84 bits per heavy atom. The van der Waals surface area contributed by atoms with Crippen LogP contribution < -0.4 is 0 Å². The molecule has 2 aromatic heterocycles. The smallest absolute Gasteiger partial charge is 0.291 e. The lowest BCUT2D eigenvalue weighted by Gasteiger charge is -2.29. The molecule has 3 rings (SSSR count). The summed E-state index contributed by atoms with van der Waals surface area (Å²) in [5.41, 5.74) is 0.513. The van der Waals surface area contributed by atoms with Crippen LogP contribution in [-0.4, -0.2) is 26.9 Å². The van der Waals surface area contributed by atoms with E-state index in [-0.39, 0.29) is 5.56 Å². The number of alkyl halides is 3. The third-order valence-electron chi connectivity index (χ3n) is 3.53. The van der Waals surface area contributed by atoms with Crippen molar-refractivity contribution >= 4 is 29.2 Å². The fourth-order valence-corrected chi connectivity index (χ4v) is 3.55. The number of hydrogen-bond donors (Lipinski definition) is 0. The summed E-state index contributed by atoms with van der Waals surface area (Å²) in [5, 5.41) is 0.734. The van der Waals surface area contributed by atoms with Crippen molar-refractivity contribution in [3.63, 3.8) is 0 Å². The fourth-order valence-electron chi connectivity index (χ4n) is 2.45. The highest BCUT2D eigenvalue weighted by Crippen LogP contribution is 2.42. The van der Waals surface area contributed by atoms with Crippen LogP contribution in [0.3, 0.4) is 0 Å². The molecule has 3 aromatic rings. The Kier molecular flexibility index (Phi) is 4.95. The quantitative estimate of drug-likeness (QED) is 0.442. The summed E-state index contributed by atoms with van der Waals surface area (Å²) in [6.45, 7) is 0. The summed E-state index contributed by atoms with van der Waals surface area (Å²) in [4.78, 5) is 4.07. The normalized spacial score (nSPS) is 13.6. The van der Waals surface area contributed by atoms with Crippen LogP contribution in [0.5, 0.6) is 0 Å². The molecular weight excluding hydrogens is 378 g/mol. The number of hydrogen-bond acceptors (Lipinski definition) is 3. The van der Waals surface area contributed by atoms with Crippen molar-refractivity contribution in [1.82, 2.24) is 13.7 Å². The third kappa shape index (κ3) is 3.91. The maximum atomic E-state index is 13.6. The standard InChI is InChI=1S/C16H12ClF4N3S/c1-23(15(16(19,20)21)10-2-4-11(17)5-3-10)25-14-8-22-13-7-6-12(18)9-24(13)14/h2-9,15H,1H3. The monoisotopic (exact) mass is 389 g/mol. The minimum Gasteiger partial charge on any atom is -0.291 e. The van der Waals surface area contributed by atoms with E-state index in [0.717, 1.165) is 16.3 Å². The molecule has 0 fully saturated rings. The summed E-state index contributed by atoms with van der Waals surface area (Å²) in [6, 6.07) is 6.35. The molecule has 0 amide bonds. The van der Waals surface area contributed by atoms with E-state index in [9.17, 15) is 17.6 Å². The van der Waals surface area contributed by atoms with Crippen molar-refractivity contribution in [2.75, 3.05) is 7.05 Å². The van der Waals surface area contributed by atoms with E-state index in [4.69, 9.17) is 11.6 Å². The summed E-state index contributed by atoms with van der Waals surface area (Å²) in [7, 11) is 1.33.